The maximum atomic E-state index is 14.7. The Bertz CT molecular complexity index is 625. The van der Waals surface area contributed by atoms with Crippen molar-refractivity contribution in [3.63, 3.8) is 0 Å². The number of methoxy groups -OCH3 is 1. The van der Waals surface area contributed by atoms with E-state index in [1.165, 1.54) is 12.1 Å². The molecule has 2 heterocycles. The highest BCUT2D eigenvalue weighted by Crippen LogP contribution is 2.37. The van der Waals surface area contributed by atoms with Crippen LogP contribution in [0.2, 0.25) is 0 Å². The Morgan fingerprint density at radius 3 is 1.89 bits per heavy atom. The summed E-state index contributed by atoms with van der Waals surface area (Å²) in [6.07, 6.45) is 1.46. The average molecular weight is 399 g/mol. The van der Waals surface area contributed by atoms with Gasteiger partial charge in [0.2, 0.25) is 0 Å². The number of rotatable bonds is 3. The third-order valence-electron chi connectivity index (χ3n) is 5.75. The maximum Gasteiger partial charge on any atom is 0.495 e. The van der Waals surface area contributed by atoms with Crippen molar-refractivity contribution in [1.82, 2.24) is 0 Å². The zero-order chi connectivity index (χ0) is 21.1. The average Bonchev–Trinajstić information content (AvgIpc) is 2.83. The summed E-state index contributed by atoms with van der Waals surface area (Å²) in [5.74, 6) is -0.995. The third-order valence-corrected chi connectivity index (χ3v) is 5.75. The van der Waals surface area contributed by atoms with Gasteiger partial charge in [0.25, 0.3) is 0 Å². The molecular formula is C20H32BF2NO4. The van der Waals surface area contributed by atoms with Crippen molar-refractivity contribution in [1.29, 1.82) is 0 Å². The molecule has 1 N–H and O–H groups in total. The van der Waals surface area contributed by atoms with Gasteiger partial charge in [0, 0.05) is 33.9 Å². The Morgan fingerprint density at radius 1 is 1.07 bits per heavy atom. The molecule has 0 aromatic heterocycles. The van der Waals surface area contributed by atoms with Crippen LogP contribution in [0.3, 0.4) is 0 Å². The zero-order valence-corrected chi connectivity index (χ0v) is 17.7. The molecule has 0 unspecified atom stereocenters. The molecule has 2 aliphatic heterocycles. The fourth-order valence-corrected chi connectivity index (χ4v) is 3.34. The van der Waals surface area contributed by atoms with Crippen LogP contribution in [0.15, 0.2) is 12.1 Å². The first kappa shape index (κ1) is 23.1. The number of aliphatic hydroxyl groups is 1. The largest absolute Gasteiger partial charge is 0.495 e. The summed E-state index contributed by atoms with van der Waals surface area (Å²) in [7, 11) is 2.46. The van der Waals surface area contributed by atoms with E-state index in [0.717, 1.165) is 12.8 Å². The van der Waals surface area contributed by atoms with Gasteiger partial charge in [-0.05, 0) is 64.1 Å². The van der Waals surface area contributed by atoms with Crippen LogP contribution in [-0.4, -0.2) is 57.3 Å². The van der Waals surface area contributed by atoms with Gasteiger partial charge in [0.1, 0.15) is 17.3 Å². The number of ether oxygens (including phenoxy) is 1. The number of nitrogens with zero attached hydrogens (tertiary/aromatic N) is 1. The zero-order valence-electron chi connectivity index (χ0n) is 17.7. The van der Waals surface area contributed by atoms with Gasteiger partial charge in [0.15, 0.2) is 0 Å². The summed E-state index contributed by atoms with van der Waals surface area (Å²) < 4.78 is 45.3. The Hall–Kier alpha value is -1.22. The summed E-state index contributed by atoms with van der Waals surface area (Å²) in [6.45, 7) is 8.81. The van der Waals surface area contributed by atoms with Crippen LogP contribution in [0.25, 0.3) is 0 Å². The van der Waals surface area contributed by atoms with Gasteiger partial charge < -0.3 is 24.1 Å². The first-order valence-electron chi connectivity index (χ1n) is 9.66. The summed E-state index contributed by atoms with van der Waals surface area (Å²) in [4.78, 5) is 1.71. The molecule has 8 heteroatoms. The van der Waals surface area contributed by atoms with E-state index in [1.54, 1.807) is 19.1 Å². The molecule has 0 radical (unpaired) electrons. The second kappa shape index (κ2) is 9.07. The minimum atomic E-state index is -0.789. The van der Waals surface area contributed by atoms with Crippen molar-refractivity contribution in [2.75, 3.05) is 38.8 Å². The molecule has 1 aromatic carbocycles. The smallest absolute Gasteiger partial charge is 0.399 e. The molecule has 0 atom stereocenters. The lowest BCUT2D eigenvalue weighted by Crippen LogP contribution is -2.41. The SMILES string of the molecule is CC1(C)OB(c2cc(F)c(N3CCC(CO)CC3)c(F)c2)OC1(C)C.COC. The number of benzene rings is 1. The minimum Gasteiger partial charge on any atom is -0.399 e. The predicted molar refractivity (Wildman–Crippen MR) is 107 cm³/mol. The standard InChI is InChI=1S/C18H26BF2NO3.C2H6O/c1-17(2)18(3,4)25-19(24-17)13-9-14(20)16(15(21)10-13)22-7-5-12(11-23)6-8-22;1-3-2/h9-10,12,23H,5-8,11H2,1-4H3;1-2H3. The van der Waals surface area contributed by atoms with Crippen LogP contribution in [0.4, 0.5) is 14.5 Å². The van der Waals surface area contributed by atoms with Gasteiger partial charge in [0.05, 0.1) is 11.2 Å². The van der Waals surface area contributed by atoms with Crippen molar-refractivity contribution >= 4 is 18.3 Å². The number of hydrogen-bond donors (Lipinski definition) is 1. The lowest BCUT2D eigenvalue weighted by atomic mass is 9.78. The van der Waals surface area contributed by atoms with Crippen molar-refractivity contribution < 1.29 is 27.9 Å². The van der Waals surface area contributed by atoms with Crippen LogP contribution in [0.5, 0.6) is 0 Å². The molecule has 5 nitrogen and oxygen atoms in total. The summed E-state index contributed by atoms with van der Waals surface area (Å²) >= 11 is 0. The molecule has 28 heavy (non-hydrogen) atoms. The lowest BCUT2D eigenvalue weighted by molar-refractivity contribution is 0.00578. The second-order valence-corrected chi connectivity index (χ2v) is 8.44. The molecule has 3 rings (SSSR count). The first-order valence-corrected chi connectivity index (χ1v) is 9.66. The molecular weight excluding hydrogens is 367 g/mol. The van der Waals surface area contributed by atoms with Gasteiger partial charge >= 0.3 is 7.12 Å². The summed E-state index contributed by atoms with van der Waals surface area (Å²) in [5.41, 5.74) is -0.774. The number of aliphatic hydroxyl groups excluding tert-OH is 1. The van der Waals surface area contributed by atoms with Gasteiger partial charge in [-0.15, -0.1) is 0 Å². The van der Waals surface area contributed by atoms with Crippen LogP contribution in [0, 0.1) is 17.6 Å². The van der Waals surface area contributed by atoms with E-state index in [0.29, 0.717) is 18.6 Å². The molecule has 2 fully saturated rings. The number of hydrogen-bond acceptors (Lipinski definition) is 5. The first-order chi connectivity index (χ1) is 13.1. The number of anilines is 1. The maximum absolute atomic E-state index is 14.7. The van der Waals surface area contributed by atoms with Crippen molar-refractivity contribution in [3.8, 4) is 0 Å². The summed E-state index contributed by atoms with van der Waals surface area (Å²) in [5, 5.41) is 9.20. The molecule has 2 aliphatic rings. The van der Waals surface area contributed by atoms with E-state index in [1.807, 2.05) is 27.7 Å². The van der Waals surface area contributed by atoms with Crippen LogP contribution >= 0.6 is 0 Å². The van der Waals surface area contributed by atoms with Crippen molar-refractivity contribution in [3.05, 3.63) is 23.8 Å². The highest BCUT2D eigenvalue weighted by molar-refractivity contribution is 6.62. The molecule has 0 spiro atoms. The van der Waals surface area contributed by atoms with E-state index < -0.39 is 30.0 Å². The molecule has 2 saturated heterocycles. The fraction of sp³-hybridized carbons (Fsp3) is 0.700. The van der Waals surface area contributed by atoms with E-state index in [2.05, 4.69) is 4.74 Å². The highest BCUT2D eigenvalue weighted by Gasteiger charge is 2.52. The predicted octanol–water partition coefficient (Wildman–Crippen LogP) is 2.74. The van der Waals surface area contributed by atoms with Crippen LogP contribution in [-0.2, 0) is 14.0 Å². The molecule has 1 aromatic rings. The van der Waals surface area contributed by atoms with E-state index in [9.17, 15) is 13.9 Å². The van der Waals surface area contributed by atoms with Gasteiger partial charge in [-0.3, -0.25) is 0 Å². The molecule has 0 amide bonds. The van der Waals surface area contributed by atoms with E-state index in [4.69, 9.17) is 9.31 Å². The van der Waals surface area contributed by atoms with Crippen LogP contribution in [0.1, 0.15) is 40.5 Å². The Balaban J connectivity index is 0.000000878. The van der Waals surface area contributed by atoms with Crippen LogP contribution < -0.4 is 10.4 Å². The molecule has 0 saturated carbocycles. The second-order valence-electron chi connectivity index (χ2n) is 8.44. The monoisotopic (exact) mass is 399 g/mol. The summed E-state index contributed by atoms with van der Waals surface area (Å²) in [6, 6.07) is 2.61. The Morgan fingerprint density at radius 2 is 1.50 bits per heavy atom. The molecule has 0 bridgehead atoms. The molecule has 0 aliphatic carbocycles. The van der Waals surface area contributed by atoms with Crippen molar-refractivity contribution in [2.45, 2.75) is 51.7 Å². The fourth-order valence-electron chi connectivity index (χ4n) is 3.34. The van der Waals surface area contributed by atoms with Gasteiger partial charge in [-0.1, -0.05) is 0 Å². The topological polar surface area (TPSA) is 51.2 Å². The highest BCUT2D eigenvalue weighted by atomic mass is 19.1. The molecule has 158 valence electrons. The normalized spacial score (nSPS) is 21.5. The Labute approximate surface area is 167 Å². The van der Waals surface area contributed by atoms with Gasteiger partial charge in [-0.25, -0.2) is 8.78 Å². The van der Waals surface area contributed by atoms with Crippen molar-refractivity contribution in [2.24, 2.45) is 5.92 Å². The van der Waals surface area contributed by atoms with E-state index >= 15 is 0 Å². The number of piperidine rings is 1. The van der Waals surface area contributed by atoms with Gasteiger partial charge in [-0.2, -0.15) is 0 Å². The minimum absolute atomic E-state index is 0.00310. The quantitative estimate of drug-likeness (QED) is 0.793. The van der Waals surface area contributed by atoms with E-state index in [-0.39, 0.29) is 18.2 Å². The Kier molecular flexibility index (Phi) is 7.47. The lowest BCUT2D eigenvalue weighted by Gasteiger charge is -2.33. The third kappa shape index (κ3) is 4.85. The number of halogens is 2.